The lowest BCUT2D eigenvalue weighted by Gasteiger charge is -2.30. The van der Waals surface area contributed by atoms with Gasteiger partial charge in [-0.3, -0.25) is 0 Å². The summed E-state index contributed by atoms with van der Waals surface area (Å²) in [5.41, 5.74) is 2.44. The first kappa shape index (κ1) is 12.9. The van der Waals surface area contributed by atoms with Crippen molar-refractivity contribution < 1.29 is 9.47 Å². The maximum Gasteiger partial charge on any atom is 0.119 e. The van der Waals surface area contributed by atoms with Gasteiger partial charge in [0.15, 0.2) is 0 Å². The van der Waals surface area contributed by atoms with Crippen LogP contribution in [0.15, 0.2) is 18.2 Å². The van der Waals surface area contributed by atoms with Gasteiger partial charge in [-0.25, -0.2) is 0 Å². The first-order chi connectivity index (χ1) is 8.07. The Morgan fingerprint density at radius 2 is 2.24 bits per heavy atom. The Hall–Kier alpha value is -0.540. The largest absolute Gasteiger partial charge is 0.497 e. The fraction of sp³-hybridized carbons (Fsp3) is 0.571. The summed E-state index contributed by atoms with van der Waals surface area (Å²) in [5, 5.41) is 0. The third-order valence-corrected chi connectivity index (χ3v) is 5.00. The Morgan fingerprint density at radius 1 is 1.47 bits per heavy atom. The molecule has 1 fully saturated rings. The van der Waals surface area contributed by atoms with Crippen LogP contribution in [-0.4, -0.2) is 19.3 Å². The molecule has 1 aromatic rings. The minimum atomic E-state index is -0.0840. The second-order valence-electron chi connectivity index (χ2n) is 4.85. The average Bonchev–Trinajstić information content (AvgIpc) is 2.76. The fourth-order valence-corrected chi connectivity index (χ4v) is 3.26. The number of benzene rings is 1. The Labute approximate surface area is 111 Å². The molecule has 2 atom stereocenters. The molecule has 2 rings (SSSR count). The van der Waals surface area contributed by atoms with E-state index < -0.39 is 0 Å². The fourth-order valence-electron chi connectivity index (χ4n) is 2.39. The van der Waals surface area contributed by atoms with Gasteiger partial charge in [0, 0.05) is 6.61 Å². The molecule has 17 heavy (non-hydrogen) atoms. The topological polar surface area (TPSA) is 18.5 Å². The first-order valence-corrected chi connectivity index (χ1v) is 6.91. The highest BCUT2D eigenvalue weighted by Gasteiger charge is 2.38. The number of alkyl halides is 1. The van der Waals surface area contributed by atoms with Crippen LogP contribution in [0.1, 0.15) is 35.7 Å². The molecular weight excluding hydrogens is 280 g/mol. The van der Waals surface area contributed by atoms with Gasteiger partial charge >= 0.3 is 0 Å². The molecule has 1 saturated heterocycles. The highest BCUT2D eigenvalue weighted by atomic mass is 79.9. The van der Waals surface area contributed by atoms with Gasteiger partial charge in [0.1, 0.15) is 5.75 Å². The Kier molecular flexibility index (Phi) is 3.79. The van der Waals surface area contributed by atoms with Crippen LogP contribution in [0, 0.1) is 6.92 Å². The Balaban J connectivity index is 2.27. The second kappa shape index (κ2) is 4.99. The van der Waals surface area contributed by atoms with E-state index in [0.717, 1.165) is 25.2 Å². The quantitative estimate of drug-likeness (QED) is 0.785. The van der Waals surface area contributed by atoms with Crippen LogP contribution in [0.3, 0.4) is 0 Å². The van der Waals surface area contributed by atoms with Gasteiger partial charge in [-0.1, -0.05) is 22.0 Å². The molecule has 0 aliphatic carbocycles. The lowest BCUT2D eigenvalue weighted by Crippen LogP contribution is -2.28. The van der Waals surface area contributed by atoms with Crippen molar-refractivity contribution >= 4 is 15.9 Å². The summed E-state index contributed by atoms with van der Waals surface area (Å²) >= 11 is 3.80. The normalized spacial score (nSPS) is 25.9. The molecule has 0 bridgehead atoms. The van der Waals surface area contributed by atoms with Crippen LogP contribution in [0.2, 0.25) is 0 Å². The summed E-state index contributed by atoms with van der Waals surface area (Å²) in [6, 6.07) is 6.21. The smallest absolute Gasteiger partial charge is 0.119 e. The SMILES string of the molecule is COc1ccc(C(Br)C2(C)CCCO2)c(C)c1. The van der Waals surface area contributed by atoms with Crippen LogP contribution in [0.25, 0.3) is 0 Å². The van der Waals surface area contributed by atoms with Gasteiger partial charge in [-0.05, 0) is 49.9 Å². The first-order valence-electron chi connectivity index (χ1n) is 5.99. The molecule has 2 nitrogen and oxygen atoms in total. The Bertz CT molecular complexity index is 397. The average molecular weight is 299 g/mol. The molecular formula is C14H19BrO2. The molecule has 3 heteroatoms. The Morgan fingerprint density at radius 3 is 2.76 bits per heavy atom. The number of hydrogen-bond acceptors (Lipinski definition) is 2. The van der Waals surface area contributed by atoms with Crippen LogP contribution >= 0.6 is 15.9 Å². The van der Waals surface area contributed by atoms with Crippen molar-refractivity contribution in [1.82, 2.24) is 0 Å². The maximum atomic E-state index is 5.89. The predicted octanol–water partition coefficient (Wildman–Crippen LogP) is 4.01. The second-order valence-corrected chi connectivity index (χ2v) is 5.77. The van der Waals surface area contributed by atoms with E-state index in [2.05, 4.69) is 41.9 Å². The van der Waals surface area contributed by atoms with Gasteiger partial charge in [0.2, 0.25) is 0 Å². The van der Waals surface area contributed by atoms with E-state index in [1.807, 2.05) is 6.07 Å². The van der Waals surface area contributed by atoms with Crippen LogP contribution < -0.4 is 4.74 Å². The molecule has 1 aromatic carbocycles. The summed E-state index contributed by atoms with van der Waals surface area (Å²) < 4.78 is 11.1. The number of ether oxygens (including phenoxy) is 2. The zero-order valence-electron chi connectivity index (χ0n) is 10.6. The predicted molar refractivity (Wildman–Crippen MR) is 73.0 cm³/mol. The molecule has 1 heterocycles. The van der Waals surface area contributed by atoms with Crippen LogP contribution in [0.5, 0.6) is 5.75 Å². The number of methoxy groups -OCH3 is 1. The van der Waals surface area contributed by atoms with Crippen molar-refractivity contribution in [2.45, 2.75) is 37.1 Å². The zero-order valence-corrected chi connectivity index (χ0v) is 12.2. The molecule has 94 valence electrons. The summed E-state index contributed by atoms with van der Waals surface area (Å²) in [5.74, 6) is 0.906. The molecule has 0 aromatic heterocycles. The van der Waals surface area contributed by atoms with Crippen LogP contribution in [0.4, 0.5) is 0 Å². The summed E-state index contributed by atoms with van der Waals surface area (Å²) in [4.78, 5) is 0.239. The number of hydrogen-bond donors (Lipinski definition) is 0. The van der Waals surface area contributed by atoms with E-state index in [1.165, 1.54) is 11.1 Å². The molecule has 1 aliphatic heterocycles. The lowest BCUT2D eigenvalue weighted by atomic mass is 9.91. The summed E-state index contributed by atoms with van der Waals surface area (Å²) in [6.45, 7) is 5.17. The van der Waals surface area contributed by atoms with E-state index in [0.29, 0.717) is 0 Å². The molecule has 0 N–H and O–H groups in total. The highest BCUT2D eigenvalue weighted by Crippen LogP contribution is 2.44. The van der Waals surface area contributed by atoms with Crippen molar-refractivity contribution in [1.29, 1.82) is 0 Å². The van der Waals surface area contributed by atoms with Gasteiger partial charge < -0.3 is 9.47 Å². The van der Waals surface area contributed by atoms with Gasteiger partial charge in [-0.15, -0.1) is 0 Å². The number of rotatable bonds is 3. The molecule has 0 radical (unpaired) electrons. The van der Waals surface area contributed by atoms with E-state index in [4.69, 9.17) is 9.47 Å². The highest BCUT2D eigenvalue weighted by molar-refractivity contribution is 9.09. The van der Waals surface area contributed by atoms with Crippen molar-refractivity contribution in [3.05, 3.63) is 29.3 Å². The monoisotopic (exact) mass is 298 g/mol. The molecule has 2 unspecified atom stereocenters. The van der Waals surface area contributed by atoms with E-state index in [1.54, 1.807) is 7.11 Å². The van der Waals surface area contributed by atoms with Crippen molar-refractivity contribution in [2.75, 3.05) is 13.7 Å². The minimum Gasteiger partial charge on any atom is -0.497 e. The zero-order chi connectivity index (χ0) is 12.5. The standard InChI is InChI=1S/C14H19BrO2/c1-10-9-11(16-3)5-6-12(10)13(15)14(2)7-4-8-17-14/h5-6,9,13H,4,7-8H2,1-3H3. The van der Waals surface area contributed by atoms with E-state index in [-0.39, 0.29) is 10.4 Å². The molecule has 0 spiro atoms. The maximum absolute atomic E-state index is 5.89. The van der Waals surface area contributed by atoms with E-state index >= 15 is 0 Å². The third kappa shape index (κ3) is 2.50. The van der Waals surface area contributed by atoms with Crippen molar-refractivity contribution in [3.8, 4) is 5.75 Å². The molecule has 0 amide bonds. The van der Waals surface area contributed by atoms with Gasteiger partial charge in [-0.2, -0.15) is 0 Å². The molecule has 0 saturated carbocycles. The summed E-state index contributed by atoms with van der Waals surface area (Å²) in [6.07, 6.45) is 2.25. The van der Waals surface area contributed by atoms with Gasteiger partial charge in [0.25, 0.3) is 0 Å². The van der Waals surface area contributed by atoms with Crippen molar-refractivity contribution in [3.63, 3.8) is 0 Å². The minimum absolute atomic E-state index is 0.0840. The number of halogens is 1. The van der Waals surface area contributed by atoms with Crippen molar-refractivity contribution in [2.24, 2.45) is 0 Å². The number of aryl methyl sites for hydroxylation is 1. The van der Waals surface area contributed by atoms with E-state index in [9.17, 15) is 0 Å². The molecule has 1 aliphatic rings. The summed E-state index contributed by atoms with van der Waals surface area (Å²) in [7, 11) is 1.70. The van der Waals surface area contributed by atoms with Gasteiger partial charge in [0.05, 0.1) is 17.5 Å². The lowest BCUT2D eigenvalue weighted by molar-refractivity contribution is 0.0196. The van der Waals surface area contributed by atoms with Crippen LogP contribution in [-0.2, 0) is 4.74 Å². The third-order valence-electron chi connectivity index (χ3n) is 3.54.